The number of amides is 2. The van der Waals surface area contributed by atoms with Crippen LogP contribution in [-0.2, 0) is 16.8 Å². The Morgan fingerprint density at radius 3 is 2.36 bits per heavy atom. The van der Waals surface area contributed by atoms with Crippen LogP contribution in [0.1, 0.15) is 55.1 Å². The van der Waals surface area contributed by atoms with Crippen molar-refractivity contribution < 1.29 is 14.3 Å². The number of primary amides is 1. The van der Waals surface area contributed by atoms with E-state index in [4.69, 9.17) is 10.5 Å². The maximum atomic E-state index is 12.0. The number of halogens is 1. The van der Waals surface area contributed by atoms with Crippen LogP contribution in [0.2, 0.25) is 0 Å². The number of nitrogens with two attached hydrogens (primary N) is 1. The molecular weight excluding hydrogens is 420 g/mol. The Hall–Kier alpha value is -2.34. The summed E-state index contributed by atoms with van der Waals surface area (Å²) in [5.41, 5.74) is 7.89. The van der Waals surface area contributed by atoms with Crippen LogP contribution in [0.5, 0.6) is 5.75 Å². The third-order valence-corrected chi connectivity index (χ3v) is 4.95. The molecule has 28 heavy (non-hydrogen) atoms. The van der Waals surface area contributed by atoms with Crippen LogP contribution >= 0.6 is 15.9 Å². The maximum absolute atomic E-state index is 12.0. The van der Waals surface area contributed by atoms with E-state index in [1.165, 1.54) is 5.56 Å². The van der Waals surface area contributed by atoms with Gasteiger partial charge in [0, 0.05) is 18.5 Å². The monoisotopic (exact) mass is 446 g/mol. The first-order valence-electron chi connectivity index (χ1n) is 9.25. The molecule has 2 rings (SSSR count). The first-order chi connectivity index (χ1) is 13.2. The van der Waals surface area contributed by atoms with Gasteiger partial charge in [-0.2, -0.15) is 0 Å². The van der Waals surface area contributed by atoms with Crippen LogP contribution in [0.3, 0.4) is 0 Å². The van der Waals surface area contributed by atoms with Gasteiger partial charge in [-0.05, 0) is 63.2 Å². The van der Waals surface area contributed by atoms with E-state index >= 15 is 0 Å². The van der Waals surface area contributed by atoms with Crippen molar-refractivity contribution in [2.75, 3.05) is 6.61 Å². The number of nitrogens with one attached hydrogen (secondary N) is 1. The van der Waals surface area contributed by atoms with E-state index in [0.717, 1.165) is 15.8 Å². The highest BCUT2D eigenvalue weighted by molar-refractivity contribution is 9.10. The quantitative estimate of drug-likeness (QED) is 0.592. The molecule has 0 bridgehead atoms. The predicted molar refractivity (Wildman–Crippen MR) is 114 cm³/mol. The van der Waals surface area contributed by atoms with Crippen LogP contribution in [0, 0.1) is 0 Å². The van der Waals surface area contributed by atoms with Gasteiger partial charge in [0.05, 0.1) is 11.1 Å². The van der Waals surface area contributed by atoms with E-state index in [2.05, 4.69) is 54.2 Å². The second-order valence-electron chi connectivity index (χ2n) is 7.69. The van der Waals surface area contributed by atoms with Crippen molar-refractivity contribution in [3.05, 3.63) is 63.6 Å². The van der Waals surface area contributed by atoms with Crippen LogP contribution in [0.25, 0.3) is 0 Å². The summed E-state index contributed by atoms with van der Waals surface area (Å²) in [5, 5.41) is 2.86. The first-order valence-corrected chi connectivity index (χ1v) is 10.0. The largest absolute Gasteiger partial charge is 0.492 e. The van der Waals surface area contributed by atoms with Crippen molar-refractivity contribution in [1.29, 1.82) is 0 Å². The lowest BCUT2D eigenvalue weighted by molar-refractivity contribution is -0.121. The maximum Gasteiger partial charge on any atom is 0.248 e. The smallest absolute Gasteiger partial charge is 0.248 e. The van der Waals surface area contributed by atoms with Crippen molar-refractivity contribution in [3.63, 3.8) is 0 Å². The number of benzene rings is 2. The molecular formula is C22H27BrN2O3. The third-order valence-electron chi connectivity index (χ3n) is 4.33. The van der Waals surface area contributed by atoms with Crippen LogP contribution in [0.4, 0.5) is 0 Å². The Kier molecular flexibility index (Phi) is 7.63. The fraction of sp³-hybridized carbons (Fsp3) is 0.364. The molecule has 0 radical (unpaired) electrons. The minimum absolute atomic E-state index is 0.0373. The van der Waals surface area contributed by atoms with Gasteiger partial charge in [-0.3, -0.25) is 9.59 Å². The molecule has 150 valence electrons. The van der Waals surface area contributed by atoms with E-state index in [0.29, 0.717) is 31.6 Å². The first kappa shape index (κ1) is 22.0. The zero-order chi connectivity index (χ0) is 20.7. The molecule has 0 aliphatic carbocycles. The summed E-state index contributed by atoms with van der Waals surface area (Å²) in [7, 11) is 0. The Morgan fingerprint density at radius 2 is 1.79 bits per heavy atom. The molecule has 2 aromatic carbocycles. The van der Waals surface area contributed by atoms with Crippen LogP contribution < -0.4 is 15.8 Å². The highest BCUT2D eigenvalue weighted by Crippen LogP contribution is 2.31. The van der Waals surface area contributed by atoms with Gasteiger partial charge in [0.25, 0.3) is 0 Å². The highest BCUT2D eigenvalue weighted by Gasteiger charge is 2.15. The number of hydrogen-bond donors (Lipinski definition) is 2. The van der Waals surface area contributed by atoms with Crippen molar-refractivity contribution in [2.24, 2.45) is 5.73 Å². The second-order valence-corrected chi connectivity index (χ2v) is 8.54. The minimum atomic E-state index is -0.463. The normalized spacial score (nSPS) is 11.1. The van der Waals surface area contributed by atoms with Gasteiger partial charge < -0.3 is 15.8 Å². The molecule has 0 heterocycles. The van der Waals surface area contributed by atoms with Crippen molar-refractivity contribution >= 4 is 27.7 Å². The number of carbonyl (C=O) groups excluding carboxylic acids is 2. The zero-order valence-corrected chi connectivity index (χ0v) is 18.1. The number of ether oxygens (including phenoxy) is 1. The van der Waals surface area contributed by atoms with Gasteiger partial charge in [0.1, 0.15) is 5.75 Å². The molecule has 0 aliphatic heterocycles. The molecule has 2 amide bonds. The van der Waals surface area contributed by atoms with Crippen LogP contribution in [-0.4, -0.2) is 18.4 Å². The molecule has 5 nitrogen and oxygen atoms in total. The van der Waals surface area contributed by atoms with E-state index in [9.17, 15) is 9.59 Å². The summed E-state index contributed by atoms with van der Waals surface area (Å²) in [6, 6.07) is 13.0. The zero-order valence-electron chi connectivity index (χ0n) is 16.5. The van der Waals surface area contributed by atoms with Crippen molar-refractivity contribution in [2.45, 2.75) is 45.6 Å². The molecule has 0 saturated carbocycles. The lowest BCUT2D eigenvalue weighted by atomic mass is 9.87. The topological polar surface area (TPSA) is 81.4 Å². The van der Waals surface area contributed by atoms with Gasteiger partial charge >= 0.3 is 0 Å². The molecule has 0 fully saturated rings. The second kappa shape index (κ2) is 9.73. The molecule has 0 aliphatic rings. The average Bonchev–Trinajstić information content (AvgIpc) is 2.64. The minimum Gasteiger partial charge on any atom is -0.492 e. The van der Waals surface area contributed by atoms with E-state index in [-0.39, 0.29) is 11.3 Å². The SMILES string of the molecule is CC(C)(C)c1ccc(OCCCC(=O)NCc2ccc(C(N)=O)cc2)c(Br)c1. The summed E-state index contributed by atoms with van der Waals surface area (Å²) < 4.78 is 6.70. The molecule has 0 saturated heterocycles. The molecule has 0 aromatic heterocycles. The van der Waals surface area contributed by atoms with E-state index in [1.807, 2.05) is 6.07 Å². The number of rotatable bonds is 8. The Bertz CT molecular complexity index is 827. The number of hydrogen-bond acceptors (Lipinski definition) is 3. The standard InChI is InChI=1S/C22H27BrN2O3/c1-22(2,3)17-10-11-19(18(23)13-17)28-12-4-5-20(26)25-14-15-6-8-16(9-7-15)21(24)27/h6-11,13H,4-5,12,14H2,1-3H3,(H2,24,27)(H,25,26). The summed E-state index contributed by atoms with van der Waals surface area (Å²) in [6.45, 7) is 7.38. The van der Waals surface area contributed by atoms with Crippen LogP contribution in [0.15, 0.2) is 46.9 Å². The molecule has 0 atom stereocenters. The van der Waals surface area contributed by atoms with Gasteiger partial charge in [0.2, 0.25) is 11.8 Å². The fourth-order valence-electron chi connectivity index (χ4n) is 2.58. The molecule has 0 unspecified atom stereocenters. The highest BCUT2D eigenvalue weighted by atomic mass is 79.9. The number of carbonyl (C=O) groups is 2. The summed E-state index contributed by atoms with van der Waals surface area (Å²) in [4.78, 5) is 23.0. The Labute approximate surface area is 174 Å². The van der Waals surface area contributed by atoms with Gasteiger partial charge in [-0.1, -0.05) is 39.0 Å². The van der Waals surface area contributed by atoms with E-state index in [1.54, 1.807) is 24.3 Å². The Balaban J connectivity index is 1.72. The summed E-state index contributed by atoms with van der Waals surface area (Å²) in [5.74, 6) is 0.281. The third kappa shape index (κ3) is 6.68. The lowest BCUT2D eigenvalue weighted by Crippen LogP contribution is -2.23. The summed E-state index contributed by atoms with van der Waals surface area (Å²) in [6.07, 6.45) is 1.01. The summed E-state index contributed by atoms with van der Waals surface area (Å²) >= 11 is 3.55. The van der Waals surface area contributed by atoms with Gasteiger partial charge in [-0.25, -0.2) is 0 Å². The van der Waals surface area contributed by atoms with Gasteiger partial charge in [0.15, 0.2) is 0 Å². The van der Waals surface area contributed by atoms with E-state index < -0.39 is 5.91 Å². The lowest BCUT2D eigenvalue weighted by Gasteiger charge is -2.20. The fourth-order valence-corrected chi connectivity index (χ4v) is 3.07. The molecule has 0 spiro atoms. The van der Waals surface area contributed by atoms with Crippen molar-refractivity contribution in [3.8, 4) is 5.75 Å². The molecule has 3 N–H and O–H groups in total. The predicted octanol–water partition coefficient (Wildman–Crippen LogP) is 4.32. The van der Waals surface area contributed by atoms with Crippen molar-refractivity contribution in [1.82, 2.24) is 5.32 Å². The molecule has 6 heteroatoms. The average molecular weight is 447 g/mol. The molecule has 2 aromatic rings. The Morgan fingerprint density at radius 1 is 1.11 bits per heavy atom. The van der Waals surface area contributed by atoms with Gasteiger partial charge in [-0.15, -0.1) is 0 Å².